The second kappa shape index (κ2) is 7.72. The van der Waals surface area contributed by atoms with Crippen LogP contribution in [0.4, 0.5) is 4.39 Å². The fourth-order valence-corrected chi connectivity index (χ4v) is 2.88. The molecule has 126 valence electrons. The number of benzene rings is 2. The Morgan fingerprint density at radius 1 is 1.12 bits per heavy atom. The minimum Gasteiger partial charge on any atom is -0.493 e. The molecule has 2 aromatic carbocycles. The second-order valence-corrected chi connectivity index (χ2v) is 5.85. The fraction of sp³-hybridized carbons (Fsp3) is 0.0526. The first-order chi connectivity index (χ1) is 12.2. The van der Waals surface area contributed by atoms with Crippen molar-refractivity contribution in [3.05, 3.63) is 71.5 Å². The van der Waals surface area contributed by atoms with E-state index >= 15 is 0 Å². The number of rotatable bonds is 5. The molecule has 0 amide bonds. The molecule has 0 spiro atoms. The van der Waals surface area contributed by atoms with Crippen LogP contribution in [0.5, 0.6) is 11.5 Å². The van der Waals surface area contributed by atoms with Crippen LogP contribution in [0.2, 0.25) is 0 Å². The molecule has 0 saturated carbocycles. The van der Waals surface area contributed by atoms with Crippen molar-refractivity contribution in [3.8, 4) is 22.1 Å². The number of thiazole rings is 1. The van der Waals surface area contributed by atoms with Crippen LogP contribution >= 0.6 is 11.3 Å². The Kier molecular flexibility index (Phi) is 5.20. The third kappa shape index (κ3) is 4.30. The molecule has 1 aromatic heterocycles. The number of nitrogens with zero attached hydrogens (tertiary/aromatic N) is 1. The topological polar surface area (TPSA) is 48.4 Å². The number of carbonyl (C=O) groups is 1. The predicted octanol–water partition coefficient (Wildman–Crippen LogP) is 4.58. The number of methoxy groups -OCH3 is 1. The van der Waals surface area contributed by atoms with E-state index in [2.05, 4.69) is 4.98 Å². The maximum atomic E-state index is 13.0. The molecular weight excluding hydrogens is 341 g/mol. The number of aromatic nitrogens is 1. The standard InChI is InChI=1S/C19H14FNO3S/c1-23-16-4-2-3-5-17(16)24-18(22)11-10-15-12-25-19(21-15)13-6-8-14(20)9-7-13/h2-12H,1H3/b11-10+. The number of para-hydroxylation sites is 2. The Bertz CT molecular complexity index is 903. The van der Waals surface area contributed by atoms with Crippen LogP contribution in [-0.4, -0.2) is 18.1 Å². The zero-order valence-electron chi connectivity index (χ0n) is 13.3. The van der Waals surface area contributed by atoms with Gasteiger partial charge in [-0.25, -0.2) is 14.2 Å². The fourth-order valence-electron chi connectivity index (χ4n) is 2.09. The number of esters is 1. The summed E-state index contributed by atoms with van der Waals surface area (Å²) in [5, 5.41) is 2.56. The molecule has 0 N–H and O–H groups in total. The summed E-state index contributed by atoms with van der Waals surface area (Å²) >= 11 is 1.41. The summed E-state index contributed by atoms with van der Waals surface area (Å²) in [5.74, 6) is 0.0155. The molecule has 4 nitrogen and oxygen atoms in total. The first kappa shape index (κ1) is 16.9. The maximum Gasteiger partial charge on any atom is 0.336 e. The number of carbonyl (C=O) groups excluding carboxylic acids is 1. The lowest BCUT2D eigenvalue weighted by Crippen LogP contribution is -2.04. The van der Waals surface area contributed by atoms with E-state index in [0.29, 0.717) is 17.2 Å². The molecule has 1 heterocycles. The average molecular weight is 355 g/mol. The number of halogens is 1. The molecule has 0 fully saturated rings. The predicted molar refractivity (Wildman–Crippen MR) is 95.2 cm³/mol. The van der Waals surface area contributed by atoms with Crippen LogP contribution in [0.15, 0.2) is 60.0 Å². The van der Waals surface area contributed by atoms with Gasteiger partial charge < -0.3 is 9.47 Å². The van der Waals surface area contributed by atoms with Gasteiger partial charge in [0.25, 0.3) is 0 Å². The zero-order chi connectivity index (χ0) is 17.6. The van der Waals surface area contributed by atoms with Gasteiger partial charge in [0.1, 0.15) is 10.8 Å². The average Bonchev–Trinajstić information content (AvgIpc) is 3.10. The SMILES string of the molecule is COc1ccccc1OC(=O)/C=C/c1csc(-c2ccc(F)cc2)n1. The quantitative estimate of drug-likeness (QED) is 0.382. The van der Waals surface area contributed by atoms with E-state index in [1.54, 1.807) is 42.5 Å². The van der Waals surface area contributed by atoms with Gasteiger partial charge in [-0.3, -0.25) is 0 Å². The molecule has 0 radical (unpaired) electrons. The highest BCUT2D eigenvalue weighted by Crippen LogP contribution is 2.26. The van der Waals surface area contributed by atoms with E-state index in [4.69, 9.17) is 9.47 Å². The molecule has 0 atom stereocenters. The first-order valence-electron chi connectivity index (χ1n) is 7.40. The lowest BCUT2D eigenvalue weighted by atomic mass is 10.2. The molecule has 25 heavy (non-hydrogen) atoms. The van der Waals surface area contributed by atoms with Crippen LogP contribution < -0.4 is 9.47 Å². The molecular formula is C19H14FNO3S. The van der Waals surface area contributed by atoms with Gasteiger partial charge in [-0.1, -0.05) is 12.1 Å². The number of hydrogen-bond acceptors (Lipinski definition) is 5. The van der Waals surface area contributed by atoms with Crippen LogP contribution in [0.1, 0.15) is 5.69 Å². The minimum atomic E-state index is -0.527. The normalized spacial score (nSPS) is 10.8. The minimum absolute atomic E-state index is 0.292. The van der Waals surface area contributed by atoms with Gasteiger partial charge in [-0.15, -0.1) is 11.3 Å². The third-order valence-corrected chi connectivity index (χ3v) is 4.19. The smallest absolute Gasteiger partial charge is 0.336 e. The zero-order valence-corrected chi connectivity index (χ0v) is 14.1. The lowest BCUT2D eigenvalue weighted by molar-refractivity contribution is -0.129. The molecule has 0 aliphatic carbocycles. The van der Waals surface area contributed by atoms with Gasteiger partial charge in [-0.2, -0.15) is 0 Å². The molecule has 0 unspecified atom stereocenters. The van der Waals surface area contributed by atoms with Crippen molar-refractivity contribution in [3.63, 3.8) is 0 Å². The second-order valence-electron chi connectivity index (χ2n) is 4.99. The van der Waals surface area contributed by atoms with Crippen LogP contribution in [0, 0.1) is 5.82 Å². The van der Waals surface area contributed by atoms with E-state index < -0.39 is 5.97 Å². The molecule has 0 aliphatic heterocycles. The van der Waals surface area contributed by atoms with Crippen LogP contribution in [-0.2, 0) is 4.79 Å². The van der Waals surface area contributed by atoms with Crippen molar-refractivity contribution in [2.24, 2.45) is 0 Å². The molecule has 0 aliphatic rings. The highest BCUT2D eigenvalue weighted by molar-refractivity contribution is 7.13. The summed E-state index contributed by atoms with van der Waals surface area (Å²) in [6.45, 7) is 0. The summed E-state index contributed by atoms with van der Waals surface area (Å²) in [4.78, 5) is 16.3. The van der Waals surface area contributed by atoms with Crippen molar-refractivity contribution >= 4 is 23.4 Å². The monoisotopic (exact) mass is 355 g/mol. The van der Waals surface area contributed by atoms with E-state index in [1.165, 1.54) is 36.7 Å². The van der Waals surface area contributed by atoms with E-state index in [-0.39, 0.29) is 5.82 Å². The first-order valence-corrected chi connectivity index (χ1v) is 8.28. The van der Waals surface area contributed by atoms with E-state index in [9.17, 15) is 9.18 Å². The van der Waals surface area contributed by atoms with Gasteiger partial charge in [0.2, 0.25) is 0 Å². The summed E-state index contributed by atoms with van der Waals surface area (Å²) in [5.41, 5.74) is 1.45. The lowest BCUT2D eigenvalue weighted by Gasteiger charge is -2.06. The van der Waals surface area contributed by atoms with Crippen LogP contribution in [0.3, 0.4) is 0 Å². The summed E-state index contributed by atoms with van der Waals surface area (Å²) in [6, 6.07) is 13.0. The van der Waals surface area contributed by atoms with Gasteiger partial charge in [0.15, 0.2) is 11.5 Å². The van der Waals surface area contributed by atoms with Gasteiger partial charge >= 0.3 is 5.97 Å². The van der Waals surface area contributed by atoms with Gasteiger partial charge in [0.05, 0.1) is 12.8 Å². The van der Waals surface area contributed by atoms with Crippen molar-refractivity contribution in [1.29, 1.82) is 0 Å². The van der Waals surface area contributed by atoms with Crippen molar-refractivity contribution in [2.45, 2.75) is 0 Å². The summed E-state index contributed by atoms with van der Waals surface area (Å²) < 4.78 is 23.3. The Labute approximate surface area is 148 Å². The van der Waals surface area contributed by atoms with Crippen molar-refractivity contribution < 1.29 is 18.7 Å². The van der Waals surface area contributed by atoms with Gasteiger partial charge in [-0.05, 0) is 42.5 Å². The Hall–Kier alpha value is -2.99. The molecule has 3 rings (SSSR count). The molecule has 0 bridgehead atoms. The third-order valence-electron chi connectivity index (χ3n) is 3.28. The number of ether oxygens (including phenoxy) is 2. The van der Waals surface area contributed by atoms with Crippen molar-refractivity contribution in [1.82, 2.24) is 4.98 Å². The van der Waals surface area contributed by atoms with E-state index in [0.717, 1.165) is 10.6 Å². The highest BCUT2D eigenvalue weighted by atomic mass is 32.1. The summed E-state index contributed by atoms with van der Waals surface area (Å²) in [6.07, 6.45) is 2.87. The van der Waals surface area contributed by atoms with E-state index in [1.807, 2.05) is 5.38 Å². The van der Waals surface area contributed by atoms with Crippen LogP contribution in [0.25, 0.3) is 16.6 Å². The maximum absolute atomic E-state index is 13.0. The molecule has 6 heteroatoms. The molecule has 0 saturated heterocycles. The Morgan fingerprint density at radius 3 is 2.56 bits per heavy atom. The van der Waals surface area contributed by atoms with Crippen molar-refractivity contribution in [2.75, 3.05) is 7.11 Å². The Balaban J connectivity index is 1.68. The summed E-state index contributed by atoms with van der Waals surface area (Å²) in [7, 11) is 1.51. The number of hydrogen-bond donors (Lipinski definition) is 0. The highest BCUT2D eigenvalue weighted by Gasteiger charge is 2.07. The largest absolute Gasteiger partial charge is 0.493 e. The van der Waals surface area contributed by atoms with Gasteiger partial charge in [0, 0.05) is 17.0 Å². The molecule has 3 aromatic rings. The Morgan fingerprint density at radius 2 is 1.84 bits per heavy atom.